The molecule has 43 heavy (non-hydrogen) atoms. The lowest BCUT2D eigenvalue weighted by molar-refractivity contribution is 0.00704. The summed E-state index contributed by atoms with van der Waals surface area (Å²) < 4.78 is 14.1. The molecule has 0 fully saturated rings. The van der Waals surface area contributed by atoms with Gasteiger partial charge in [0.1, 0.15) is 17.2 Å². The monoisotopic (exact) mass is 577 g/mol. The number of hydrogen-bond donors (Lipinski definition) is 0. The van der Waals surface area contributed by atoms with Crippen molar-refractivity contribution in [3.8, 4) is 22.6 Å². The number of oxazole rings is 1. The molecule has 0 saturated carbocycles. The van der Waals surface area contributed by atoms with E-state index < -0.39 is 5.60 Å². The zero-order valence-corrected chi connectivity index (χ0v) is 26.7. The van der Waals surface area contributed by atoms with E-state index in [1.165, 1.54) is 0 Å². The molecule has 0 unspecified atom stereocenters. The second-order valence-electron chi connectivity index (χ2n) is 12.9. The molecule has 6 heteroatoms. The van der Waals surface area contributed by atoms with Crippen LogP contribution in [0.4, 0.5) is 0 Å². The first-order valence-electron chi connectivity index (χ1n) is 15.3. The fraction of sp³-hybridized carbons (Fsp3) is 0.378. The molecule has 0 amide bonds. The number of rotatable bonds is 9. The summed E-state index contributed by atoms with van der Waals surface area (Å²) in [6, 6.07) is 20.4. The van der Waals surface area contributed by atoms with Crippen LogP contribution in [0.2, 0.25) is 0 Å². The van der Waals surface area contributed by atoms with Gasteiger partial charge in [-0.15, -0.1) is 0 Å². The number of aromatic nitrogens is 3. The van der Waals surface area contributed by atoms with Crippen molar-refractivity contribution in [3.05, 3.63) is 94.6 Å². The Morgan fingerprint density at radius 2 is 1.70 bits per heavy atom. The van der Waals surface area contributed by atoms with E-state index in [-0.39, 0.29) is 5.97 Å². The maximum absolute atomic E-state index is 12.9. The highest BCUT2D eigenvalue weighted by Gasteiger charge is 2.21. The van der Waals surface area contributed by atoms with E-state index in [0.29, 0.717) is 23.9 Å². The van der Waals surface area contributed by atoms with E-state index in [2.05, 4.69) is 68.7 Å². The van der Waals surface area contributed by atoms with Gasteiger partial charge in [-0.05, 0) is 93.8 Å². The number of nitrogens with zero attached hydrogens (tertiary/aromatic N) is 3. The van der Waals surface area contributed by atoms with Gasteiger partial charge in [0, 0.05) is 18.5 Å². The summed E-state index contributed by atoms with van der Waals surface area (Å²) in [4.78, 5) is 22.9. The molecule has 0 radical (unpaired) electrons. The molecule has 0 saturated heterocycles. The van der Waals surface area contributed by atoms with Gasteiger partial charge in [-0.3, -0.25) is 0 Å². The molecule has 0 aliphatic rings. The number of imidazole rings is 1. The molecule has 2 heterocycles. The first kappa shape index (κ1) is 30.3. The fourth-order valence-electron chi connectivity index (χ4n) is 5.50. The van der Waals surface area contributed by atoms with Crippen LogP contribution < -0.4 is 0 Å². The third-order valence-electron chi connectivity index (χ3n) is 7.49. The van der Waals surface area contributed by atoms with Gasteiger partial charge in [0.15, 0.2) is 0 Å². The lowest BCUT2D eigenvalue weighted by Gasteiger charge is -2.20. The van der Waals surface area contributed by atoms with Gasteiger partial charge in [0.25, 0.3) is 0 Å². The molecule has 0 spiro atoms. The fourth-order valence-corrected chi connectivity index (χ4v) is 5.50. The van der Waals surface area contributed by atoms with Crippen LogP contribution in [-0.4, -0.2) is 26.1 Å². The van der Waals surface area contributed by atoms with Crippen molar-refractivity contribution in [2.24, 2.45) is 5.92 Å². The smallest absolute Gasteiger partial charge is 0.339 e. The number of hydrogen-bond acceptors (Lipinski definition) is 5. The van der Waals surface area contributed by atoms with Crippen molar-refractivity contribution in [1.82, 2.24) is 14.5 Å². The minimum atomic E-state index is -0.557. The van der Waals surface area contributed by atoms with E-state index in [4.69, 9.17) is 19.1 Å². The summed E-state index contributed by atoms with van der Waals surface area (Å²) in [5, 5.41) is 0. The highest BCUT2D eigenvalue weighted by molar-refractivity contribution is 5.97. The minimum absolute atomic E-state index is 0.315. The lowest BCUT2D eigenvalue weighted by atomic mass is 9.98. The van der Waals surface area contributed by atoms with Gasteiger partial charge in [-0.1, -0.05) is 63.2 Å². The summed E-state index contributed by atoms with van der Waals surface area (Å²) in [5.41, 5.74) is 8.21. The topological polar surface area (TPSA) is 70.2 Å². The number of benzene rings is 3. The van der Waals surface area contributed by atoms with Crippen LogP contribution >= 0.6 is 0 Å². The predicted octanol–water partition coefficient (Wildman–Crippen LogP) is 9.13. The first-order valence-corrected chi connectivity index (χ1v) is 15.3. The number of carbonyl (C=O) groups is 1. The number of fused-ring (bicyclic) bond motifs is 1. The molecule has 5 rings (SSSR count). The Bertz CT molecular complexity index is 1750. The van der Waals surface area contributed by atoms with Crippen LogP contribution in [0.25, 0.3) is 33.6 Å². The second-order valence-corrected chi connectivity index (χ2v) is 12.9. The summed E-state index contributed by atoms with van der Waals surface area (Å²) in [5.74, 6) is 2.81. The Kier molecular flexibility index (Phi) is 8.59. The van der Waals surface area contributed by atoms with Crippen molar-refractivity contribution < 1.29 is 13.9 Å². The zero-order valence-electron chi connectivity index (χ0n) is 26.7. The lowest BCUT2D eigenvalue weighted by Crippen LogP contribution is -2.24. The molecule has 0 atom stereocenters. The summed E-state index contributed by atoms with van der Waals surface area (Å²) in [6.45, 7) is 17.0. The third kappa shape index (κ3) is 6.74. The molecule has 2 aromatic heterocycles. The highest BCUT2D eigenvalue weighted by Crippen LogP contribution is 2.31. The van der Waals surface area contributed by atoms with Crippen molar-refractivity contribution in [3.63, 3.8) is 0 Å². The number of esters is 1. The molecule has 0 aliphatic heterocycles. The SMILES string of the molecule is CCCc1nc2c(C)cc(-c3nc(CC(C)C)c(C)o3)cc2n1Cc1ccc(-c2ccccc2C(=O)OC(C)(C)C)cc1. The highest BCUT2D eigenvalue weighted by atomic mass is 16.6. The molecule has 5 aromatic rings. The van der Waals surface area contributed by atoms with Crippen molar-refractivity contribution >= 4 is 17.0 Å². The third-order valence-corrected chi connectivity index (χ3v) is 7.49. The van der Waals surface area contributed by atoms with Gasteiger partial charge in [-0.25, -0.2) is 14.8 Å². The zero-order chi connectivity index (χ0) is 30.9. The minimum Gasteiger partial charge on any atom is -0.456 e. The largest absolute Gasteiger partial charge is 0.456 e. The van der Waals surface area contributed by atoms with Crippen LogP contribution in [0.3, 0.4) is 0 Å². The van der Waals surface area contributed by atoms with Crippen molar-refractivity contribution in [2.45, 2.75) is 86.8 Å². The normalized spacial score (nSPS) is 11.9. The molecule has 224 valence electrons. The van der Waals surface area contributed by atoms with Crippen LogP contribution in [0.15, 0.2) is 65.1 Å². The molecule has 6 nitrogen and oxygen atoms in total. The standard InChI is InChI=1S/C37H43N3O3/c1-9-12-33-39-34-24(4)20-28(35-38-31(19-23(2)3)25(5)42-35)21-32(34)40(33)22-26-15-17-27(18-16-26)29-13-10-11-14-30(29)36(41)43-37(6,7)8/h10-11,13-18,20-21,23H,9,12,19,22H2,1-8H3. The number of aryl methyl sites for hydroxylation is 3. The average molecular weight is 578 g/mol. The Hall–Kier alpha value is -4.19. The Morgan fingerprint density at radius 1 is 0.977 bits per heavy atom. The van der Waals surface area contributed by atoms with Gasteiger partial charge in [-0.2, -0.15) is 0 Å². The summed E-state index contributed by atoms with van der Waals surface area (Å²) in [7, 11) is 0. The van der Waals surface area contributed by atoms with E-state index in [1.807, 2.05) is 52.0 Å². The Balaban J connectivity index is 1.49. The molecular weight excluding hydrogens is 534 g/mol. The maximum atomic E-state index is 12.9. The van der Waals surface area contributed by atoms with Crippen molar-refractivity contribution in [1.29, 1.82) is 0 Å². The van der Waals surface area contributed by atoms with Gasteiger partial charge in [0.05, 0.1) is 22.3 Å². The Labute approximate surface area is 255 Å². The van der Waals surface area contributed by atoms with Crippen LogP contribution in [0.1, 0.15) is 86.7 Å². The maximum Gasteiger partial charge on any atom is 0.339 e. The molecular formula is C37H43N3O3. The van der Waals surface area contributed by atoms with Gasteiger partial charge >= 0.3 is 5.97 Å². The first-order chi connectivity index (χ1) is 20.4. The molecule has 0 N–H and O–H groups in total. The number of carbonyl (C=O) groups excluding carboxylic acids is 1. The van der Waals surface area contributed by atoms with E-state index >= 15 is 0 Å². The van der Waals surface area contributed by atoms with E-state index in [0.717, 1.165) is 75.4 Å². The number of ether oxygens (including phenoxy) is 1. The van der Waals surface area contributed by atoms with E-state index in [9.17, 15) is 4.79 Å². The van der Waals surface area contributed by atoms with Crippen LogP contribution in [-0.2, 0) is 24.1 Å². The summed E-state index contributed by atoms with van der Waals surface area (Å²) >= 11 is 0. The average Bonchev–Trinajstić information content (AvgIpc) is 3.48. The van der Waals surface area contributed by atoms with E-state index in [1.54, 1.807) is 0 Å². The summed E-state index contributed by atoms with van der Waals surface area (Å²) in [6.07, 6.45) is 2.79. The predicted molar refractivity (Wildman–Crippen MR) is 173 cm³/mol. The van der Waals surface area contributed by atoms with Crippen LogP contribution in [0.5, 0.6) is 0 Å². The van der Waals surface area contributed by atoms with Crippen LogP contribution in [0, 0.1) is 19.8 Å². The van der Waals surface area contributed by atoms with Gasteiger partial charge in [0.2, 0.25) is 5.89 Å². The van der Waals surface area contributed by atoms with Gasteiger partial charge < -0.3 is 13.7 Å². The van der Waals surface area contributed by atoms with Crippen molar-refractivity contribution in [2.75, 3.05) is 0 Å². The molecule has 0 aliphatic carbocycles. The molecule has 0 bridgehead atoms. The Morgan fingerprint density at radius 3 is 2.37 bits per heavy atom. The molecule has 3 aromatic carbocycles. The quantitative estimate of drug-likeness (QED) is 0.163. The second kappa shape index (κ2) is 12.2.